The maximum Gasteiger partial charge on any atom is 0.256 e. The Kier molecular flexibility index (Phi) is 3.31. The lowest BCUT2D eigenvalue weighted by atomic mass is 9.82. The quantitative estimate of drug-likeness (QED) is 0.873. The van der Waals surface area contributed by atoms with Crippen LogP contribution >= 0.6 is 0 Å². The number of rotatable bonds is 3. The molecule has 0 fully saturated rings. The lowest BCUT2D eigenvalue weighted by Gasteiger charge is -2.22. The molecule has 0 bridgehead atoms. The van der Waals surface area contributed by atoms with Crippen molar-refractivity contribution in [2.24, 2.45) is 5.73 Å². The second-order valence-corrected chi connectivity index (χ2v) is 4.89. The van der Waals surface area contributed by atoms with Gasteiger partial charge < -0.3 is 15.4 Å². The van der Waals surface area contributed by atoms with Gasteiger partial charge in [-0.25, -0.2) is 0 Å². The van der Waals surface area contributed by atoms with Crippen LogP contribution in [0.4, 0.5) is 0 Å². The SMILES string of the molecule is NCC(O)c1nc(C2CCCc3ccccc32)no1. The summed E-state index contributed by atoms with van der Waals surface area (Å²) < 4.78 is 5.09. The molecule has 0 saturated heterocycles. The number of nitrogens with zero attached hydrogens (tertiary/aromatic N) is 2. The predicted molar refractivity (Wildman–Crippen MR) is 69.5 cm³/mol. The van der Waals surface area contributed by atoms with Crippen molar-refractivity contribution in [3.05, 3.63) is 47.1 Å². The van der Waals surface area contributed by atoms with Crippen LogP contribution in [-0.4, -0.2) is 21.8 Å². The number of aromatic nitrogens is 2. The van der Waals surface area contributed by atoms with E-state index >= 15 is 0 Å². The van der Waals surface area contributed by atoms with E-state index in [1.807, 2.05) is 6.07 Å². The zero-order valence-electron chi connectivity index (χ0n) is 10.6. The molecular formula is C14H17N3O2. The van der Waals surface area contributed by atoms with Crippen LogP contribution in [0, 0.1) is 0 Å². The minimum atomic E-state index is -0.875. The summed E-state index contributed by atoms with van der Waals surface area (Å²) in [5, 5.41) is 13.6. The van der Waals surface area contributed by atoms with Crippen LogP contribution in [0.1, 0.15) is 47.7 Å². The van der Waals surface area contributed by atoms with Crippen molar-refractivity contribution in [1.29, 1.82) is 0 Å². The van der Waals surface area contributed by atoms with Crippen LogP contribution in [0.25, 0.3) is 0 Å². The lowest BCUT2D eigenvalue weighted by molar-refractivity contribution is 0.141. The molecule has 5 nitrogen and oxygen atoms in total. The molecule has 1 aromatic heterocycles. The highest BCUT2D eigenvalue weighted by Crippen LogP contribution is 2.35. The number of benzene rings is 1. The van der Waals surface area contributed by atoms with E-state index in [9.17, 15) is 5.11 Å². The van der Waals surface area contributed by atoms with E-state index in [1.165, 1.54) is 11.1 Å². The van der Waals surface area contributed by atoms with Crippen molar-refractivity contribution in [2.75, 3.05) is 6.54 Å². The molecule has 0 spiro atoms. The van der Waals surface area contributed by atoms with E-state index < -0.39 is 6.10 Å². The van der Waals surface area contributed by atoms with Crippen molar-refractivity contribution >= 4 is 0 Å². The highest BCUT2D eigenvalue weighted by Gasteiger charge is 2.26. The second kappa shape index (κ2) is 5.11. The number of aliphatic hydroxyl groups excluding tert-OH is 1. The summed E-state index contributed by atoms with van der Waals surface area (Å²) in [5.41, 5.74) is 8.01. The number of hydrogen-bond donors (Lipinski definition) is 2. The zero-order valence-corrected chi connectivity index (χ0v) is 10.6. The smallest absolute Gasteiger partial charge is 0.256 e. The summed E-state index contributed by atoms with van der Waals surface area (Å²) >= 11 is 0. The minimum absolute atomic E-state index is 0.0862. The molecule has 19 heavy (non-hydrogen) atoms. The number of nitrogens with two attached hydrogens (primary N) is 1. The van der Waals surface area contributed by atoms with E-state index in [4.69, 9.17) is 10.3 Å². The van der Waals surface area contributed by atoms with Gasteiger partial charge in [0, 0.05) is 12.5 Å². The van der Waals surface area contributed by atoms with Crippen molar-refractivity contribution in [3.63, 3.8) is 0 Å². The normalized spacial score (nSPS) is 20.0. The molecule has 100 valence electrons. The van der Waals surface area contributed by atoms with Gasteiger partial charge in [-0.1, -0.05) is 29.4 Å². The molecule has 0 radical (unpaired) electrons. The average molecular weight is 259 g/mol. The molecule has 5 heteroatoms. The second-order valence-electron chi connectivity index (χ2n) is 4.89. The van der Waals surface area contributed by atoms with Crippen molar-refractivity contribution in [3.8, 4) is 0 Å². The highest BCUT2D eigenvalue weighted by molar-refractivity contribution is 5.36. The third-order valence-electron chi connectivity index (χ3n) is 3.65. The molecule has 2 atom stereocenters. The first kappa shape index (κ1) is 12.3. The van der Waals surface area contributed by atoms with Gasteiger partial charge in [-0.05, 0) is 30.4 Å². The zero-order chi connectivity index (χ0) is 13.2. The van der Waals surface area contributed by atoms with E-state index in [0.717, 1.165) is 19.3 Å². The first-order valence-electron chi connectivity index (χ1n) is 6.59. The van der Waals surface area contributed by atoms with Crippen LogP contribution in [0.15, 0.2) is 28.8 Å². The molecule has 1 aliphatic rings. The molecule has 2 unspecified atom stereocenters. The van der Waals surface area contributed by atoms with Gasteiger partial charge in [0.2, 0.25) is 0 Å². The van der Waals surface area contributed by atoms with Crippen LogP contribution in [-0.2, 0) is 6.42 Å². The van der Waals surface area contributed by atoms with Crippen LogP contribution in [0.5, 0.6) is 0 Å². The molecule has 0 saturated carbocycles. The maximum absolute atomic E-state index is 9.61. The molecule has 3 N–H and O–H groups in total. The van der Waals surface area contributed by atoms with Crippen LogP contribution in [0.2, 0.25) is 0 Å². The molecule has 2 aromatic rings. The Balaban J connectivity index is 1.93. The van der Waals surface area contributed by atoms with Crippen molar-refractivity contribution < 1.29 is 9.63 Å². The molecule has 1 aromatic carbocycles. The van der Waals surface area contributed by atoms with Gasteiger partial charge in [-0.2, -0.15) is 4.98 Å². The van der Waals surface area contributed by atoms with E-state index in [0.29, 0.717) is 5.82 Å². The molecule has 1 aliphatic carbocycles. The Morgan fingerprint density at radius 3 is 3.11 bits per heavy atom. The first-order chi connectivity index (χ1) is 9.29. The Morgan fingerprint density at radius 1 is 1.42 bits per heavy atom. The summed E-state index contributed by atoms with van der Waals surface area (Å²) in [6.45, 7) is 0.0862. The monoisotopic (exact) mass is 259 g/mol. The van der Waals surface area contributed by atoms with E-state index in [1.54, 1.807) is 0 Å². The predicted octanol–water partition coefficient (Wildman–Crippen LogP) is 1.53. The van der Waals surface area contributed by atoms with Gasteiger partial charge in [0.15, 0.2) is 5.82 Å². The van der Waals surface area contributed by atoms with Gasteiger partial charge in [0.1, 0.15) is 6.10 Å². The summed E-state index contributed by atoms with van der Waals surface area (Å²) in [5.74, 6) is 1.02. The van der Waals surface area contributed by atoms with Gasteiger partial charge in [-0.3, -0.25) is 0 Å². The summed E-state index contributed by atoms with van der Waals surface area (Å²) in [7, 11) is 0. The molecule has 1 heterocycles. The van der Waals surface area contributed by atoms with Gasteiger partial charge in [0.25, 0.3) is 5.89 Å². The summed E-state index contributed by atoms with van der Waals surface area (Å²) in [6, 6.07) is 8.36. The topological polar surface area (TPSA) is 85.2 Å². The Labute approximate surface area is 111 Å². The molecule has 0 amide bonds. The van der Waals surface area contributed by atoms with Gasteiger partial charge in [-0.15, -0.1) is 0 Å². The van der Waals surface area contributed by atoms with E-state index in [-0.39, 0.29) is 18.4 Å². The summed E-state index contributed by atoms with van der Waals surface area (Å²) in [6.07, 6.45) is 2.35. The van der Waals surface area contributed by atoms with Crippen molar-refractivity contribution in [2.45, 2.75) is 31.3 Å². The fourth-order valence-corrected chi connectivity index (χ4v) is 2.65. The average Bonchev–Trinajstić information content (AvgIpc) is 2.95. The lowest BCUT2D eigenvalue weighted by Crippen LogP contribution is -2.14. The highest BCUT2D eigenvalue weighted by atomic mass is 16.5. The van der Waals surface area contributed by atoms with Crippen LogP contribution in [0.3, 0.4) is 0 Å². The van der Waals surface area contributed by atoms with Crippen LogP contribution < -0.4 is 5.73 Å². The van der Waals surface area contributed by atoms with Gasteiger partial charge >= 0.3 is 0 Å². The standard InChI is InChI=1S/C14H17N3O2/c15-8-12(18)14-16-13(17-19-14)11-7-3-5-9-4-1-2-6-10(9)11/h1-2,4,6,11-12,18H,3,5,7-8,15H2. The first-order valence-corrected chi connectivity index (χ1v) is 6.59. The Morgan fingerprint density at radius 2 is 2.26 bits per heavy atom. The Hall–Kier alpha value is -1.72. The fraction of sp³-hybridized carbons (Fsp3) is 0.429. The summed E-state index contributed by atoms with van der Waals surface area (Å²) in [4.78, 5) is 4.30. The van der Waals surface area contributed by atoms with Crippen molar-refractivity contribution in [1.82, 2.24) is 10.1 Å². The number of aryl methyl sites for hydroxylation is 1. The molecule has 3 rings (SSSR count). The Bertz CT molecular complexity index is 567. The molecule has 0 aliphatic heterocycles. The largest absolute Gasteiger partial charge is 0.382 e. The molecular weight excluding hydrogens is 242 g/mol. The number of fused-ring (bicyclic) bond motifs is 1. The maximum atomic E-state index is 9.61. The third kappa shape index (κ3) is 2.27. The number of hydrogen-bond acceptors (Lipinski definition) is 5. The fourth-order valence-electron chi connectivity index (χ4n) is 2.65. The minimum Gasteiger partial charge on any atom is -0.382 e. The number of aliphatic hydroxyl groups is 1. The van der Waals surface area contributed by atoms with E-state index in [2.05, 4.69) is 28.3 Å². The van der Waals surface area contributed by atoms with Gasteiger partial charge in [0.05, 0.1) is 0 Å². The third-order valence-corrected chi connectivity index (χ3v) is 3.65.